The Hall–Kier alpha value is -1.11. The molecule has 2 aliphatic heterocycles. The standard InChI is InChI=1S/C24H37N3O2S/c1-30(28,29)25-23-8-6-19(7-9-23)10-13-26-15-21-17-27(14-20-4-5-20)18-22(16-26)24(21)11-2-3-12-24/h6-9,20-22,25H,2-5,10-18H2,1H3. The highest BCUT2D eigenvalue weighted by atomic mass is 32.2. The Labute approximate surface area is 182 Å². The molecule has 4 fully saturated rings. The summed E-state index contributed by atoms with van der Waals surface area (Å²) in [6, 6.07) is 7.89. The van der Waals surface area contributed by atoms with Gasteiger partial charge < -0.3 is 9.80 Å². The van der Waals surface area contributed by atoms with Gasteiger partial charge in [-0.1, -0.05) is 25.0 Å². The third-order valence-electron chi connectivity index (χ3n) is 8.26. The summed E-state index contributed by atoms with van der Waals surface area (Å²) < 4.78 is 25.3. The predicted octanol–water partition coefficient (Wildman–Crippen LogP) is 3.43. The minimum Gasteiger partial charge on any atom is -0.302 e. The van der Waals surface area contributed by atoms with Crippen molar-refractivity contribution in [3.63, 3.8) is 0 Å². The molecule has 2 bridgehead atoms. The summed E-state index contributed by atoms with van der Waals surface area (Å²) in [6.07, 6.45) is 11.0. The molecular weight excluding hydrogens is 394 g/mol. The monoisotopic (exact) mass is 431 g/mol. The van der Waals surface area contributed by atoms with E-state index in [1.807, 2.05) is 12.1 Å². The van der Waals surface area contributed by atoms with Gasteiger partial charge in [0.1, 0.15) is 0 Å². The van der Waals surface area contributed by atoms with Gasteiger partial charge in [-0.25, -0.2) is 8.42 Å². The first-order valence-corrected chi connectivity index (χ1v) is 13.8. The number of anilines is 1. The number of hydrogen-bond acceptors (Lipinski definition) is 4. The Kier molecular flexibility index (Phi) is 5.61. The number of benzene rings is 1. The minimum absolute atomic E-state index is 0.646. The van der Waals surface area contributed by atoms with Crippen molar-refractivity contribution in [3.8, 4) is 0 Å². The van der Waals surface area contributed by atoms with Crippen LogP contribution in [0.3, 0.4) is 0 Å². The molecule has 0 amide bonds. The van der Waals surface area contributed by atoms with Crippen molar-refractivity contribution in [1.29, 1.82) is 0 Å². The van der Waals surface area contributed by atoms with Gasteiger partial charge in [0.15, 0.2) is 0 Å². The molecule has 1 spiro atoms. The lowest BCUT2D eigenvalue weighted by Gasteiger charge is -2.57. The Morgan fingerprint density at radius 3 is 2.13 bits per heavy atom. The Bertz CT molecular complexity index is 826. The fourth-order valence-electron chi connectivity index (χ4n) is 6.66. The Morgan fingerprint density at radius 1 is 0.967 bits per heavy atom. The molecule has 1 aromatic rings. The maximum atomic E-state index is 11.4. The van der Waals surface area contributed by atoms with Crippen molar-refractivity contribution in [2.75, 3.05) is 50.2 Å². The van der Waals surface area contributed by atoms with Gasteiger partial charge >= 0.3 is 0 Å². The lowest BCUT2D eigenvalue weighted by Crippen LogP contribution is -2.62. The van der Waals surface area contributed by atoms with Crippen LogP contribution in [-0.4, -0.2) is 63.7 Å². The van der Waals surface area contributed by atoms with Crippen molar-refractivity contribution in [2.45, 2.75) is 44.9 Å². The fourth-order valence-corrected chi connectivity index (χ4v) is 7.22. The second-order valence-corrected chi connectivity index (χ2v) is 12.3. The molecule has 2 heterocycles. The highest BCUT2D eigenvalue weighted by molar-refractivity contribution is 7.92. The third-order valence-corrected chi connectivity index (χ3v) is 8.87. The van der Waals surface area contributed by atoms with Crippen LogP contribution in [0.5, 0.6) is 0 Å². The molecule has 1 aromatic carbocycles. The molecule has 30 heavy (non-hydrogen) atoms. The zero-order chi connectivity index (χ0) is 20.8. The van der Waals surface area contributed by atoms with Crippen LogP contribution in [-0.2, 0) is 16.4 Å². The number of hydrogen-bond donors (Lipinski definition) is 1. The van der Waals surface area contributed by atoms with Crippen LogP contribution >= 0.6 is 0 Å². The van der Waals surface area contributed by atoms with Gasteiger partial charge in [0.2, 0.25) is 10.0 Å². The number of nitrogens with zero attached hydrogens (tertiary/aromatic N) is 2. The Balaban J connectivity index is 1.20. The van der Waals surface area contributed by atoms with E-state index in [2.05, 4.69) is 26.7 Å². The van der Waals surface area contributed by atoms with Crippen LogP contribution in [0.2, 0.25) is 0 Å². The summed E-state index contributed by atoms with van der Waals surface area (Å²) in [5.74, 6) is 2.71. The van der Waals surface area contributed by atoms with Crippen LogP contribution in [0.25, 0.3) is 0 Å². The molecule has 2 aliphatic carbocycles. The number of nitrogens with one attached hydrogen (secondary N) is 1. The van der Waals surface area contributed by atoms with Crippen LogP contribution in [0.4, 0.5) is 5.69 Å². The average Bonchev–Trinajstić information content (AvgIpc) is 3.36. The molecule has 1 N–H and O–H groups in total. The fraction of sp³-hybridized carbons (Fsp3) is 0.750. The smallest absolute Gasteiger partial charge is 0.229 e. The summed E-state index contributed by atoms with van der Waals surface area (Å²) in [4.78, 5) is 5.55. The van der Waals surface area contributed by atoms with Gasteiger partial charge in [-0.2, -0.15) is 0 Å². The third kappa shape index (κ3) is 4.56. The summed E-state index contributed by atoms with van der Waals surface area (Å²) in [5.41, 5.74) is 2.58. The SMILES string of the molecule is CS(=O)(=O)Nc1ccc(CCN2CC3CN(CC4CC4)CC(C2)C32CCCC2)cc1. The van der Waals surface area contributed by atoms with Crippen LogP contribution in [0.15, 0.2) is 24.3 Å². The summed E-state index contributed by atoms with van der Waals surface area (Å²) >= 11 is 0. The summed E-state index contributed by atoms with van der Waals surface area (Å²) in [5, 5.41) is 0. The number of sulfonamides is 1. The first-order valence-electron chi connectivity index (χ1n) is 11.9. The molecule has 5 nitrogen and oxygen atoms in total. The number of piperidine rings is 2. The van der Waals surface area contributed by atoms with E-state index in [9.17, 15) is 8.42 Å². The molecular formula is C24H37N3O2S. The average molecular weight is 432 g/mol. The van der Waals surface area contributed by atoms with E-state index in [0.717, 1.165) is 30.7 Å². The minimum atomic E-state index is -3.21. The van der Waals surface area contributed by atoms with Gasteiger partial charge in [0.25, 0.3) is 0 Å². The lowest BCUT2D eigenvalue weighted by molar-refractivity contribution is -0.0891. The molecule has 2 unspecified atom stereocenters. The topological polar surface area (TPSA) is 52.7 Å². The normalized spacial score (nSPS) is 29.4. The molecule has 2 atom stereocenters. The van der Waals surface area contributed by atoms with E-state index in [0.29, 0.717) is 11.1 Å². The van der Waals surface area contributed by atoms with Crippen LogP contribution in [0, 0.1) is 23.2 Å². The van der Waals surface area contributed by atoms with Gasteiger partial charge in [0, 0.05) is 45.0 Å². The lowest BCUT2D eigenvalue weighted by atomic mass is 9.60. The Morgan fingerprint density at radius 2 is 1.57 bits per heavy atom. The van der Waals surface area contributed by atoms with Crippen LogP contribution in [0.1, 0.15) is 44.1 Å². The highest BCUT2D eigenvalue weighted by Crippen LogP contribution is 2.55. The maximum Gasteiger partial charge on any atom is 0.229 e. The molecule has 5 rings (SSSR count). The van der Waals surface area contributed by atoms with Gasteiger partial charge in [0.05, 0.1) is 6.26 Å². The summed E-state index contributed by atoms with van der Waals surface area (Å²) in [6.45, 7) is 7.67. The molecule has 2 saturated carbocycles. The van der Waals surface area contributed by atoms with Gasteiger partial charge in [-0.05, 0) is 73.0 Å². The van der Waals surface area contributed by atoms with Crippen LogP contribution < -0.4 is 4.72 Å². The zero-order valence-corrected chi connectivity index (χ0v) is 19.2. The van der Waals surface area contributed by atoms with E-state index in [1.165, 1.54) is 83.1 Å². The molecule has 0 aromatic heterocycles. The highest BCUT2D eigenvalue weighted by Gasteiger charge is 2.54. The van der Waals surface area contributed by atoms with Crippen molar-refractivity contribution in [1.82, 2.24) is 9.80 Å². The molecule has 166 valence electrons. The molecule has 2 saturated heterocycles. The molecule has 4 aliphatic rings. The van der Waals surface area contributed by atoms with E-state index < -0.39 is 10.0 Å². The van der Waals surface area contributed by atoms with Crippen molar-refractivity contribution >= 4 is 15.7 Å². The second-order valence-electron chi connectivity index (χ2n) is 10.6. The van der Waals surface area contributed by atoms with Crippen molar-refractivity contribution in [2.24, 2.45) is 23.2 Å². The van der Waals surface area contributed by atoms with Gasteiger partial charge in [-0.3, -0.25) is 4.72 Å². The first kappa shape index (κ1) is 20.8. The quantitative estimate of drug-likeness (QED) is 0.719. The van der Waals surface area contributed by atoms with Crippen molar-refractivity contribution in [3.05, 3.63) is 29.8 Å². The summed E-state index contributed by atoms with van der Waals surface area (Å²) in [7, 11) is -3.21. The second kappa shape index (κ2) is 8.10. The molecule has 0 radical (unpaired) electrons. The predicted molar refractivity (Wildman–Crippen MR) is 122 cm³/mol. The number of likely N-dealkylation sites (tertiary alicyclic amines) is 2. The zero-order valence-electron chi connectivity index (χ0n) is 18.4. The maximum absolute atomic E-state index is 11.4. The van der Waals surface area contributed by atoms with E-state index in [4.69, 9.17) is 0 Å². The van der Waals surface area contributed by atoms with E-state index in [1.54, 1.807) is 0 Å². The van der Waals surface area contributed by atoms with E-state index in [-0.39, 0.29) is 0 Å². The molecule has 6 heteroatoms. The van der Waals surface area contributed by atoms with Gasteiger partial charge in [-0.15, -0.1) is 0 Å². The largest absolute Gasteiger partial charge is 0.302 e. The number of rotatable bonds is 7. The first-order chi connectivity index (χ1) is 14.4. The van der Waals surface area contributed by atoms with Crippen molar-refractivity contribution < 1.29 is 8.42 Å². The van der Waals surface area contributed by atoms with E-state index >= 15 is 0 Å².